The summed E-state index contributed by atoms with van der Waals surface area (Å²) >= 11 is 3.42. The zero-order chi connectivity index (χ0) is 27.6. The van der Waals surface area contributed by atoms with E-state index in [2.05, 4.69) is 21.2 Å². The van der Waals surface area contributed by atoms with Gasteiger partial charge in [0.05, 0.1) is 31.4 Å². The number of hydrogen-bond donors (Lipinski definition) is 1. The summed E-state index contributed by atoms with van der Waals surface area (Å²) in [5.74, 6) is -4.22. The number of fused-ring (bicyclic) bond motifs is 1. The van der Waals surface area contributed by atoms with Crippen molar-refractivity contribution in [1.82, 2.24) is 5.32 Å². The molecule has 0 radical (unpaired) electrons. The number of carbonyl (C=O) groups excluding carboxylic acids is 2. The number of alkyl halides is 3. The van der Waals surface area contributed by atoms with Gasteiger partial charge in [0.15, 0.2) is 0 Å². The number of hydrogen-bond acceptors (Lipinski definition) is 6. The average molecular weight is 607 g/mol. The number of carbonyl (C=O) groups is 2. The fourth-order valence-corrected chi connectivity index (χ4v) is 5.08. The number of halogens is 6. The van der Waals surface area contributed by atoms with Crippen molar-refractivity contribution >= 4 is 33.5 Å². The van der Waals surface area contributed by atoms with Crippen LogP contribution in [-0.2, 0) is 27.1 Å². The topological polar surface area (TPSA) is 77.1 Å². The third-order valence-electron chi connectivity index (χ3n) is 6.43. The maximum atomic E-state index is 15.0. The van der Waals surface area contributed by atoms with E-state index in [4.69, 9.17) is 14.2 Å². The summed E-state index contributed by atoms with van der Waals surface area (Å²) in [6.07, 6.45) is -3.34. The van der Waals surface area contributed by atoms with E-state index in [0.29, 0.717) is 36.5 Å². The number of anilines is 1. The Balaban J connectivity index is 1.59. The van der Waals surface area contributed by atoms with Crippen molar-refractivity contribution in [2.75, 3.05) is 38.4 Å². The van der Waals surface area contributed by atoms with Crippen LogP contribution in [0.4, 0.5) is 27.6 Å². The zero-order valence-corrected chi connectivity index (χ0v) is 21.8. The molecule has 0 bridgehead atoms. The molecule has 0 aromatic heterocycles. The molecule has 0 unspecified atom stereocenters. The predicted molar refractivity (Wildman–Crippen MR) is 129 cm³/mol. The molecule has 38 heavy (non-hydrogen) atoms. The minimum absolute atomic E-state index is 0.0419. The fraction of sp³-hybridized carbons (Fsp3) is 0.440. The van der Waals surface area contributed by atoms with Crippen molar-refractivity contribution in [2.24, 2.45) is 0 Å². The minimum Gasteiger partial charge on any atom is -0.492 e. The van der Waals surface area contributed by atoms with Crippen molar-refractivity contribution in [3.8, 4) is 5.75 Å². The summed E-state index contributed by atoms with van der Waals surface area (Å²) in [4.78, 5) is 26.2. The molecule has 2 aromatic rings. The summed E-state index contributed by atoms with van der Waals surface area (Å²) in [5, 5.41) is 2.31. The van der Waals surface area contributed by atoms with Gasteiger partial charge in [0, 0.05) is 18.7 Å². The molecule has 1 saturated heterocycles. The van der Waals surface area contributed by atoms with Crippen molar-refractivity contribution < 1.29 is 45.8 Å². The molecule has 206 valence electrons. The third kappa shape index (κ3) is 5.88. The molecular formula is C25H24BrF5N2O5. The number of amides is 1. The van der Waals surface area contributed by atoms with Gasteiger partial charge in [-0.15, -0.1) is 0 Å². The highest BCUT2D eigenvalue weighted by atomic mass is 79.9. The highest BCUT2D eigenvalue weighted by Crippen LogP contribution is 2.36. The summed E-state index contributed by atoms with van der Waals surface area (Å²) in [7, 11) is 1.11. The lowest BCUT2D eigenvalue weighted by Gasteiger charge is -2.38. The Morgan fingerprint density at radius 1 is 1.21 bits per heavy atom. The van der Waals surface area contributed by atoms with E-state index in [1.807, 2.05) is 0 Å². The number of methoxy groups -OCH3 is 1. The van der Waals surface area contributed by atoms with Gasteiger partial charge in [-0.3, -0.25) is 4.79 Å². The molecule has 2 aromatic carbocycles. The quantitative estimate of drug-likeness (QED) is 0.390. The SMILES string of the molecule is COC(=O)[C@H](Cc1ccc(Br)c2c1CCCO2)NC(=O)c1c(F)cc(N2CCOC[C@@H]2C(F)(F)F)cc1F. The monoisotopic (exact) mass is 606 g/mol. The summed E-state index contributed by atoms with van der Waals surface area (Å²) < 4.78 is 86.3. The molecule has 2 heterocycles. The molecule has 2 aliphatic rings. The van der Waals surface area contributed by atoms with Crippen LogP contribution in [-0.4, -0.2) is 63.6 Å². The van der Waals surface area contributed by atoms with Crippen molar-refractivity contribution in [3.05, 3.63) is 57.1 Å². The number of esters is 1. The van der Waals surface area contributed by atoms with Crippen LogP contribution in [0.25, 0.3) is 0 Å². The van der Waals surface area contributed by atoms with Crippen LogP contribution >= 0.6 is 15.9 Å². The van der Waals surface area contributed by atoms with Gasteiger partial charge in [-0.1, -0.05) is 6.07 Å². The molecule has 2 atom stereocenters. The van der Waals surface area contributed by atoms with Gasteiger partial charge in [-0.25, -0.2) is 13.6 Å². The van der Waals surface area contributed by atoms with Crippen LogP contribution in [0.3, 0.4) is 0 Å². The summed E-state index contributed by atoms with van der Waals surface area (Å²) in [6, 6.07) is 1.41. The van der Waals surface area contributed by atoms with Crippen molar-refractivity contribution in [1.29, 1.82) is 0 Å². The van der Waals surface area contributed by atoms with Gasteiger partial charge in [0.25, 0.3) is 5.91 Å². The summed E-state index contributed by atoms with van der Waals surface area (Å²) in [5.41, 5.74) is 0.106. The average Bonchev–Trinajstić information content (AvgIpc) is 2.88. The first kappa shape index (κ1) is 28.1. The second-order valence-electron chi connectivity index (χ2n) is 8.83. The van der Waals surface area contributed by atoms with E-state index in [-0.39, 0.29) is 25.3 Å². The first-order chi connectivity index (χ1) is 18.0. The molecule has 0 saturated carbocycles. The molecule has 7 nitrogen and oxygen atoms in total. The molecule has 4 rings (SSSR count). The Kier molecular flexibility index (Phi) is 8.46. The lowest BCUT2D eigenvalue weighted by molar-refractivity contribution is -0.167. The third-order valence-corrected chi connectivity index (χ3v) is 7.06. The van der Waals surface area contributed by atoms with Gasteiger partial charge >= 0.3 is 12.1 Å². The van der Waals surface area contributed by atoms with Gasteiger partial charge in [-0.2, -0.15) is 13.2 Å². The zero-order valence-electron chi connectivity index (χ0n) is 20.2. The van der Waals surface area contributed by atoms with Crippen LogP contribution < -0.4 is 15.0 Å². The molecule has 0 aliphatic carbocycles. The van der Waals surface area contributed by atoms with E-state index < -0.39 is 53.9 Å². The molecule has 13 heteroatoms. The second kappa shape index (κ2) is 11.4. The Morgan fingerprint density at radius 3 is 2.58 bits per heavy atom. The Morgan fingerprint density at radius 2 is 1.92 bits per heavy atom. The van der Waals surface area contributed by atoms with E-state index in [1.54, 1.807) is 12.1 Å². The van der Waals surface area contributed by atoms with Gasteiger partial charge in [0.2, 0.25) is 0 Å². The van der Waals surface area contributed by atoms with Crippen LogP contribution in [0.5, 0.6) is 5.75 Å². The largest absolute Gasteiger partial charge is 0.492 e. The standard InChI is InChI=1S/C25H24BrF5N2O5/c1-36-24(35)19(9-13-4-5-16(26)22-15(13)3-2-7-38-22)32-23(34)21-17(27)10-14(11-18(21)28)33-6-8-37-12-20(33)25(29,30)31/h4-5,10-11,19-20H,2-3,6-9,12H2,1H3,(H,32,34)/t19-,20+/m0/s1. The Hall–Kier alpha value is -2.93. The number of rotatable bonds is 6. The predicted octanol–water partition coefficient (Wildman–Crippen LogP) is 4.33. The molecule has 1 N–H and O–H groups in total. The van der Waals surface area contributed by atoms with E-state index in [9.17, 15) is 31.5 Å². The lowest BCUT2D eigenvalue weighted by atomic mass is 9.95. The smallest absolute Gasteiger partial charge is 0.411 e. The lowest BCUT2D eigenvalue weighted by Crippen LogP contribution is -2.53. The maximum absolute atomic E-state index is 15.0. The second-order valence-corrected chi connectivity index (χ2v) is 9.68. The molecule has 0 spiro atoms. The number of nitrogens with one attached hydrogen (secondary N) is 1. The van der Waals surface area contributed by atoms with Gasteiger partial charge in [0.1, 0.15) is 35.0 Å². The normalized spacial score (nSPS) is 18.3. The van der Waals surface area contributed by atoms with Crippen LogP contribution in [0, 0.1) is 11.6 Å². The van der Waals surface area contributed by atoms with E-state index in [0.717, 1.165) is 28.5 Å². The fourth-order valence-electron chi connectivity index (χ4n) is 4.60. The van der Waals surface area contributed by atoms with Crippen molar-refractivity contribution in [2.45, 2.75) is 37.5 Å². The Bertz CT molecular complexity index is 1200. The maximum Gasteiger partial charge on any atom is 0.411 e. The van der Waals surface area contributed by atoms with Gasteiger partial charge in [-0.05, 0) is 58.1 Å². The number of nitrogens with zero attached hydrogens (tertiary/aromatic N) is 1. The van der Waals surface area contributed by atoms with Gasteiger partial charge < -0.3 is 24.4 Å². The van der Waals surface area contributed by atoms with E-state index >= 15 is 0 Å². The number of morpholine rings is 1. The number of benzene rings is 2. The molecular weight excluding hydrogens is 583 g/mol. The number of ether oxygens (including phenoxy) is 3. The Labute approximate surface area is 223 Å². The molecule has 1 amide bonds. The molecule has 1 fully saturated rings. The van der Waals surface area contributed by atoms with Crippen molar-refractivity contribution in [3.63, 3.8) is 0 Å². The highest BCUT2D eigenvalue weighted by Gasteiger charge is 2.46. The van der Waals surface area contributed by atoms with Crippen LogP contribution in [0.1, 0.15) is 27.9 Å². The van der Waals surface area contributed by atoms with Crippen LogP contribution in [0.15, 0.2) is 28.7 Å². The van der Waals surface area contributed by atoms with Crippen LogP contribution in [0.2, 0.25) is 0 Å². The first-order valence-corrected chi connectivity index (χ1v) is 12.5. The summed E-state index contributed by atoms with van der Waals surface area (Å²) in [6.45, 7) is -0.487. The highest BCUT2D eigenvalue weighted by molar-refractivity contribution is 9.10. The molecule has 2 aliphatic heterocycles. The van der Waals surface area contributed by atoms with E-state index in [1.165, 1.54) is 0 Å². The first-order valence-electron chi connectivity index (χ1n) is 11.7. The minimum atomic E-state index is -4.70.